The quantitative estimate of drug-likeness (QED) is 0.704. The molecule has 0 saturated heterocycles. The molecule has 0 aromatic heterocycles. The molecule has 0 aliphatic heterocycles. The highest BCUT2D eigenvalue weighted by Gasteiger charge is 2.13. The lowest BCUT2D eigenvalue weighted by molar-refractivity contribution is 0.102. The lowest BCUT2D eigenvalue weighted by Gasteiger charge is -2.11. The van der Waals surface area contributed by atoms with Crippen LogP contribution in [-0.4, -0.2) is 5.91 Å². The molecular formula is C14H10BrCl2FN2O. The molecule has 0 fully saturated rings. The van der Waals surface area contributed by atoms with Crippen LogP contribution >= 0.6 is 39.1 Å². The molecule has 0 saturated carbocycles. The fourth-order valence-electron chi connectivity index (χ4n) is 1.69. The first-order chi connectivity index (χ1) is 9.79. The van der Waals surface area contributed by atoms with E-state index in [0.717, 1.165) is 0 Å². The number of nitrogen functional groups attached to an aromatic ring is 1. The van der Waals surface area contributed by atoms with Gasteiger partial charge in [0.1, 0.15) is 5.82 Å². The molecule has 0 heterocycles. The minimum absolute atomic E-state index is 0.186. The van der Waals surface area contributed by atoms with E-state index in [1.165, 1.54) is 18.2 Å². The minimum atomic E-state index is -0.468. The standard InChI is InChI=1S/C14H10BrCl2FN2O/c1-6-2-8(15)11(18)5-12(6)20-14(21)7-3-9(16)13(19)10(17)4-7/h2-5H,19H2,1H3,(H,20,21). The molecule has 2 rings (SSSR count). The second-order valence-corrected chi connectivity index (χ2v) is 6.06. The van der Waals surface area contributed by atoms with Crippen molar-refractivity contribution in [3.05, 3.63) is 55.7 Å². The summed E-state index contributed by atoms with van der Waals surface area (Å²) in [7, 11) is 0. The second kappa shape index (κ2) is 6.22. The van der Waals surface area contributed by atoms with Gasteiger partial charge in [-0.15, -0.1) is 0 Å². The minimum Gasteiger partial charge on any atom is -0.396 e. The van der Waals surface area contributed by atoms with Crippen molar-refractivity contribution in [3.63, 3.8) is 0 Å². The van der Waals surface area contributed by atoms with Gasteiger partial charge in [0.2, 0.25) is 0 Å². The van der Waals surface area contributed by atoms with Crippen LogP contribution in [0.25, 0.3) is 0 Å². The van der Waals surface area contributed by atoms with E-state index in [2.05, 4.69) is 21.2 Å². The van der Waals surface area contributed by atoms with Crippen LogP contribution in [0.2, 0.25) is 10.0 Å². The Kier molecular flexibility index (Phi) is 4.76. The van der Waals surface area contributed by atoms with Crippen molar-refractivity contribution < 1.29 is 9.18 Å². The molecule has 0 spiro atoms. The van der Waals surface area contributed by atoms with Gasteiger partial charge in [0.25, 0.3) is 5.91 Å². The highest BCUT2D eigenvalue weighted by Crippen LogP contribution is 2.30. The van der Waals surface area contributed by atoms with E-state index in [4.69, 9.17) is 28.9 Å². The summed E-state index contributed by atoms with van der Waals surface area (Å²) < 4.78 is 13.9. The van der Waals surface area contributed by atoms with Crippen LogP contribution in [0.1, 0.15) is 15.9 Å². The van der Waals surface area contributed by atoms with Gasteiger partial charge in [0, 0.05) is 11.3 Å². The first-order valence-corrected chi connectivity index (χ1v) is 7.36. The number of halogens is 4. The van der Waals surface area contributed by atoms with Gasteiger partial charge in [0.05, 0.1) is 20.2 Å². The molecule has 2 aromatic carbocycles. The molecule has 21 heavy (non-hydrogen) atoms. The predicted molar refractivity (Wildman–Crippen MR) is 87.7 cm³/mol. The van der Waals surface area contributed by atoms with E-state index in [1.807, 2.05) is 0 Å². The average Bonchev–Trinajstić information content (AvgIpc) is 2.41. The third-order valence-electron chi connectivity index (χ3n) is 2.86. The molecule has 0 aliphatic carbocycles. The van der Waals surface area contributed by atoms with Gasteiger partial charge in [-0.25, -0.2) is 4.39 Å². The Labute approximate surface area is 139 Å². The van der Waals surface area contributed by atoms with Crippen LogP contribution in [-0.2, 0) is 0 Å². The Bertz CT molecular complexity index is 714. The number of benzene rings is 2. The van der Waals surface area contributed by atoms with Gasteiger partial charge in [-0.1, -0.05) is 23.2 Å². The summed E-state index contributed by atoms with van der Waals surface area (Å²) >= 11 is 14.9. The number of hydrogen-bond donors (Lipinski definition) is 2. The van der Waals surface area contributed by atoms with Gasteiger partial charge in [-0.3, -0.25) is 4.79 Å². The van der Waals surface area contributed by atoms with Gasteiger partial charge < -0.3 is 11.1 Å². The van der Waals surface area contributed by atoms with Crippen molar-refractivity contribution in [2.45, 2.75) is 6.92 Å². The molecule has 0 aliphatic rings. The van der Waals surface area contributed by atoms with Crippen LogP contribution in [0.5, 0.6) is 0 Å². The second-order valence-electron chi connectivity index (χ2n) is 4.39. The van der Waals surface area contributed by atoms with Crippen molar-refractivity contribution in [3.8, 4) is 0 Å². The first-order valence-electron chi connectivity index (χ1n) is 5.81. The Hall–Kier alpha value is -1.30. The Balaban J connectivity index is 2.32. The highest BCUT2D eigenvalue weighted by atomic mass is 79.9. The summed E-state index contributed by atoms with van der Waals surface area (Å²) in [5.41, 5.74) is 7.14. The maximum absolute atomic E-state index is 13.5. The van der Waals surface area contributed by atoms with E-state index in [0.29, 0.717) is 15.7 Å². The van der Waals surface area contributed by atoms with Crippen LogP contribution in [0.4, 0.5) is 15.8 Å². The number of amides is 1. The van der Waals surface area contributed by atoms with Gasteiger partial charge >= 0.3 is 0 Å². The Morgan fingerprint density at radius 3 is 2.38 bits per heavy atom. The molecule has 3 N–H and O–H groups in total. The molecule has 110 valence electrons. The summed E-state index contributed by atoms with van der Waals surface area (Å²) in [4.78, 5) is 12.2. The maximum atomic E-state index is 13.5. The third-order valence-corrected chi connectivity index (χ3v) is 4.09. The molecule has 0 unspecified atom stereocenters. The van der Waals surface area contributed by atoms with Gasteiger partial charge in [-0.05, 0) is 52.7 Å². The van der Waals surface area contributed by atoms with E-state index < -0.39 is 11.7 Å². The smallest absolute Gasteiger partial charge is 0.255 e. The van der Waals surface area contributed by atoms with Crippen molar-refractivity contribution in [1.29, 1.82) is 0 Å². The number of carbonyl (C=O) groups excluding carboxylic acids is 1. The van der Waals surface area contributed by atoms with Gasteiger partial charge in [0.15, 0.2) is 0 Å². The Morgan fingerprint density at radius 1 is 1.24 bits per heavy atom. The molecule has 0 bridgehead atoms. The number of rotatable bonds is 2. The van der Waals surface area contributed by atoms with E-state index in [-0.39, 0.29) is 21.3 Å². The summed E-state index contributed by atoms with van der Waals surface area (Å²) in [6.45, 7) is 1.75. The van der Waals surface area contributed by atoms with Gasteiger partial charge in [-0.2, -0.15) is 0 Å². The van der Waals surface area contributed by atoms with Crippen molar-refractivity contribution in [2.24, 2.45) is 0 Å². The number of nitrogens with two attached hydrogens (primary N) is 1. The summed E-state index contributed by atoms with van der Waals surface area (Å²) in [6.07, 6.45) is 0. The SMILES string of the molecule is Cc1cc(Br)c(F)cc1NC(=O)c1cc(Cl)c(N)c(Cl)c1. The number of carbonyl (C=O) groups is 1. The number of anilines is 2. The molecule has 1 amide bonds. The van der Waals surface area contributed by atoms with Crippen molar-refractivity contribution >= 4 is 56.4 Å². The zero-order valence-electron chi connectivity index (χ0n) is 10.8. The summed E-state index contributed by atoms with van der Waals surface area (Å²) in [5.74, 6) is -0.923. The lowest BCUT2D eigenvalue weighted by Crippen LogP contribution is -2.13. The number of nitrogens with one attached hydrogen (secondary N) is 1. The zero-order chi connectivity index (χ0) is 15.7. The van der Waals surface area contributed by atoms with Crippen molar-refractivity contribution in [1.82, 2.24) is 0 Å². The molecule has 7 heteroatoms. The molecule has 0 radical (unpaired) electrons. The maximum Gasteiger partial charge on any atom is 0.255 e. The molecule has 3 nitrogen and oxygen atoms in total. The van der Waals surface area contributed by atoms with E-state index in [1.54, 1.807) is 13.0 Å². The largest absolute Gasteiger partial charge is 0.396 e. The first kappa shape index (κ1) is 16.1. The van der Waals surface area contributed by atoms with Crippen LogP contribution in [0.15, 0.2) is 28.7 Å². The zero-order valence-corrected chi connectivity index (χ0v) is 13.9. The summed E-state index contributed by atoms with van der Waals surface area (Å²) in [5, 5.41) is 2.98. The van der Waals surface area contributed by atoms with Crippen LogP contribution < -0.4 is 11.1 Å². The van der Waals surface area contributed by atoms with Crippen LogP contribution in [0.3, 0.4) is 0 Å². The van der Waals surface area contributed by atoms with Crippen LogP contribution in [0, 0.1) is 12.7 Å². The monoisotopic (exact) mass is 390 g/mol. The average molecular weight is 392 g/mol. The third kappa shape index (κ3) is 3.48. The fourth-order valence-corrected chi connectivity index (χ4v) is 2.64. The predicted octanol–water partition coefficient (Wildman–Crippen LogP) is 5.04. The lowest BCUT2D eigenvalue weighted by atomic mass is 10.1. The number of aryl methyl sites for hydroxylation is 1. The highest BCUT2D eigenvalue weighted by molar-refractivity contribution is 9.10. The molecular weight excluding hydrogens is 382 g/mol. The molecule has 0 atom stereocenters. The fraction of sp³-hybridized carbons (Fsp3) is 0.0714. The van der Waals surface area contributed by atoms with E-state index in [9.17, 15) is 9.18 Å². The molecule has 2 aromatic rings. The number of hydrogen-bond acceptors (Lipinski definition) is 2. The Morgan fingerprint density at radius 2 is 1.81 bits per heavy atom. The van der Waals surface area contributed by atoms with Crippen molar-refractivity contribution in [2.75, 3.05) is 11.1 Å². The summed E-state index contributed by atoms with van der Waals surface area (Å²) in [6, 6.07) is 5.62. The topological polar surface area (TPSA) is 55.1 Å². The normalized spacial score (nSPS) is 10.5. The van der Waals surface area contributed by atoms with E-state index >= 15 is 0 Å².